The number of carbonyl (C=O) groups excluding carboxylic acids is 4. The van der Waals surface area contributed by atoms with Gasteiger partial charge in [-0.15, -0.1) is 0 Å². The van der Waals surface area contributed by atoms with Crippen LogP contribution >= 0.6 is 0 Å². The molecule has 1 unspecified atom stereocenters. The first-order valence-electron chi connectivity index (χ1n) is 7.88. The lowest BCUT2D eigenvalue weighted by Crippen LogP contribution is -2.43. The topological polar surface area (TPSA) is 102 Å². The second kappa shape index (κ2) is 7.51. The van der Waals surface area contributed by atoms with E-state index in [1.165, 1.54) is 19.2 Å². The van der Waals surface area contributed by atoms with Crippen LogP contribution < -0.4 is 10.1 Å². The smallest absolute Gasteiger partial charge is 0.326 e. The van der Waals surface area contributed by atoms with Crippen molar-refractivity contribution in [3.8, 4) is 5.75 Å². The number of nitrogens with one attached hydrogen (secondary N) is 1. The minimum atomic E-state index is -1.06. The number of benzene rings is 1. The number of ether oxygens (including phenoxy) is 2. The van der Waals surface area contributed by atoms with Crippen LogP contribution in [-0.2, 0) is 14.3 Å². The van der Waals surface area contributed by atoms with Gasteiger partial charge in [0.15, 0.2) is 24.0 Å². The summed E-state index contributed by atoms with van der Waals surface area (Å²) in [5.41, 5.74) is -1.06. The number of hydrogen-bond donors (Lipinski definition) is 1. The third-order valence-electron chi connectivity index (χ3n) is 4.18. The van der Waals surface area contributed by atoms with Crippen LogP contribution in [0.4, 0.5) is 9.18 Å². The number of Topliss-reactive ketones (excluding diaryl/α,β-unsaturated/α-hetero) is 1. The van der Waals surface area contributed by atoms with E-state index in [2.05, 4.69) is 5.32 Å². The standard InChI is InChI=1S/C17H19FN2O6/c1-4-17(2)15(23)20(16(24)19-17)8-14(22)26-9-12(21)10-5-6-13(25-3)11(18)7-10/h5-7H,4,8-9H2,1-3H3,(H,19,24). The van der Waals surface area contributed by atoms with Crippen molar-refractivity contribution in [3.63, 3.8) is 0 Å². The fourth-order valence-electron chi connectivity index (χ4n) is 2.37. The second-order valence-electron chi connectivity index (χ2n) is 5.94. The molecule has 26 heavy (non-hydrogen) atoms. The Morgan fingerprint density at radius 2 is 2.00 bits per heavy atom. The number of ketones is 1. The Balaban J connectivity index is 1.93. The molecule has 8 nitrogen and oxygen atoms in total. The lowest BCUT2D eigenvalue weighted by molar-refractivity contribution is -0.146. The van der Waals surface area contributed by atoms with E-state index in [-0.39, 0.29) is 11.3 Å². The SMILES string of the molecule is CCC1(C)NC(=O)N(CC(=O)OCC(=O)c2ccc(OC)c(F)c2)C1=O. The molecule has 0 bridgehead atoms. The van der Waals surface area contributed by atoms with Gasteiger partial charge >= 0.3 is 12.0 Å². The van der Waals surface area contributed by atoms with Gasteiger partial charge in [-0.2, -0.15) is 0 Å². The second-order valence-corrected chi connectivity index (χ2v) is 5.94. The lowest BCUT2D eigenvalue weighted by atomic mass is 9.99. The van der Waals surface area contributed by atoms with Crippen molar-refractivity contribution in [2.45, 2.75) is 25.8 Å². The maximum absolute atomic E-state index is 13.6. The van der Waals surface area contributed by atoms with Crippen molar-refractivity contribution in [3.05, 3.63) is 29.6 Å². The zero-order valence-electron chi connectivity index (χ0n) is 14.6. The van der Waals surface area contributed by atoms with Crippen LogP contribution in [0.3, 0.4) is 0 Å². The maximum atomic E-state index is 13.6. The summed E-state index contributed by atoms with van der Waals surface area (Å²) in [4.78, 5) is 48.6. The summed E-state index contributed by atoms with van der Waals surface area (Å²) in [5, 5.41) is 2.50. The van der Waals surface area contributed by atoms with Gasteiger partial charge in [0.05, 0.1) is 7.11 Å². The molecule has 1 saturated heterocycles. The zero-order chi connectivity index (χ0) is 19.5. The van der Waals surface area contributed by atoms with Crippen LogP contribution in [0, 0.1) is 5.82 Å². The number of esters is 1. The number of rotatable bonds is 7. The molecule has 3 amide bonds. The van der Waals surface area contributed by atoms with Gasteiger partial charge in [0.25, 0.3) is 5.91 Å². The summed E-state index contributed by atoms with van der Waals surface area (Å²) in [6.45, 7) is 2.04. The van der Waals surface area contributed by atoms with E-state index in [1.807, 2.05) is 0 Å². The van der Waals surface area contributed by atoms with E-state index in [9.17, 15) is 23.6 Å². The molecule has 0 saturated carbocycles. The van der Waals surface area contributed by atoms with Crippen LogP contribution in [0.5, 0.6) is 5.75 Å². The number of methoxy groups -OCH3 is 1. The summed E-state index contributed by atoms with van der Waals surface area (Å²) in [5.74, 6) is -2.82. The van der Waals surface area contributed by atoms with Crippen LogP contribution in [0.2, 0.25) is 0 Å². The van der Waals surface area contributed by atoms with E-state index < -0.39 is 48.2 Å². The summed E-state index contributed by atoms with van der Waals surface area (Å²) >= 11 is 0. The summed E-state index contributed by atoms with van der Waals surface area (Å²) in [6.07, 6.45) is 0.366. The van der Waals surface area contributed by atoms with Crippen molar-refractivity contribution in [2.75, 3.05) is 20.3 Å². The van der Waals surface area contributed by atoms with E-state index in [4.69, 9.17) is 9.47 Å². The van der Waals surface area contributed by atoms with Crippen LogP contribution in [0.15, 0.2) is 18.2 Å². The van der Waals surface area contributed by atoms with Gasteiger partial charge in [-0.1, -0.05) is 6.92 Å². The van der Waals surface area contributed by atoms with Gasteiger partial charge in [-0.05, 0) is 31.5 Å². The number of imide groups is 1. The normalized spacial score (nSPS) is 19.3. The molecule has 2 rings (SSSR count). The molecule has 0 radical (unpaired) electrons. The first-order chi connectivity index (χ1) is 12.2. The average Bonchev–Trinajstić information content (AvgIpc) is 2.83. The largest absolute Gasteiger partial charge is 0.494 e. The number of urea groups is 1. The number of carbonyl (C=O) groups is 4. The van der Waals surface area contributed by atoms with Crippen LogP contribution in [-0.4, -0.2) is 54.4 Å². The van der Waals surface area contributed by atoms with Crippen molar-refractivity contribution < 1.29 is 33.0 Å². The summed E-state index contributed by atoms with van der Waals surface area (Å²) in [6, 6.07) is 2.89. The van der Waals surface area contributed by atoms with Crippen molar-refractivity contribution in [1.29, 1.82) is 0 Å². The lowest BCUT2D eigenvalue weighted by Gasteiger charge is -2.18. The molecular formula is C17H19FN2O6. The van der Waals surface area contributed by atoms with Gasteiger partial charge in [-0.3, -0.25) is 19.3 Å². The Labute approximate surface area is 149 Å². The van der Waals surface area contributed by atoms with Crippen LogP contribution in [0.1, 0.15) is 30.6 Å². The number of halogens is 1. The third kappa shape index (κ3) is 3.81. The van der Waals surface area contributed by atoms with Gasteiger partial charge in [0.1, 0.15) is 12.1 Å². The van der Waals surface area contributed by atoms with Gasteiger partial charge in [0.2, 0.25) is 0 Å². The molecule has 0 aliphatic carbocycles. The zero-order valence-corrected chi connectivity index (χ0v) is 14.6. The Bertz CT molecular complexity index is 766. The molecule has 9 heteroatoms. The van der Waals surface area contributed by atoms with Gasteiger partial charge in [0, 0.05) is 5.56 Å². The average molecular weight is 366 g/mol. The molecule has 1 aromatic carbocycles. The van der Waals surface area contributed by atoms with E-state index >= 15 is 0 Å². The monoisotopic (exact) mass is 366 g/mol. The highest BCUT2D eigenvalue weighted by molar-refractivity contribution is 6.08. The minimum Gasteiger partial charge on any atom is -0.494 e. The van der Waals surface area contributed by atoms with Crippen LogP contribution in [0.25, 0.3) is 0 Å². The highest BCUT2D eigenvalue weighted by atomic mass is 19.1. The fraction of sp³-hybridized carbons (Fsp3) is 0.412. The van der Waals surface area contributed by atoms with Crippen molar-refractivity contribution >= 4 is 23.7 Å². The van der Waals surface area contributed by atoms with Crippen molar-refractivity contribution in [1.82, 2.24) is 10.2 Å². The maximum Gasteiger partial charge on any atom is 0.326 e. The van der Waals surface area contributed by atoms with Gasteiger partial charge < -0.3 is 14.8 Å². The Morgan fingerprint density at radius 1 is 1.31 bits per heavy atom. The number of amides is 3. The summed E-state index contributed by atoms with van der Waals surface area (Å²) < 4.78 is 23.1. The predicted octanol–water partition coefficient (Wildman–Crippen LogP) is 1.28. The molecule has 1 heterocycles. The Hall–Kier alpha value is -2.97. The molecule has 1 aliphatic rings. The molecule has 140 valence electrons. The Morgan fingerprint density at radius 3 is 2.54 bits per heavy atom. The molecule has 1 atom stereocenters. The first-order valence-corrected chi connectivity index (χ1v) is 7.88. The molecule has 1 aliphatic heterocycles. The highest BCUT2D eigenvalue weighted by Crippen LogP contribution is 2.21. The number of hydrogen-bond acceptors (Lipinski definition) is 6. The molecule has 0 aromatic heterocycles. The third-order valence-corrected chi connectivity index (χ3v) is 4.18. The molecule has 1 fully saturated rings. The van der Waals surface area contributed by atoms with E-state index in [0.29, 0.717) is 6.42 Å². The fourth-order valence-corrected chi connectivity index (χ4v) is 2.37. The minimum absolute atomic E-state index is 0.00431. The molecule has 0 spiro atoms. The molecule has 1 aromatic rings. The van der Waals surface area contributed by atoms with Crippen molar-refractivity contribution in [2.24, 2.45) is 0 Å². The summed E-state index contributed by atoms with van der Waals surface area (Å²) in [7, 11) is 1.29. The quantitative estimate of drug-likeness (QED) is 0.443. The van der Waals surface area contributed by atoms with Gasteiger partial charge in [-0.25, -0.2) is 9.18 Å². The molecule has 1 N–H and O–H groups in total. The first kappa shape index (κ1) is 19.4. The molecular weight excluding hydrogens is 347 g/mol. The predicted molar refractivity (Wildman–Crippen MR) is 87.2 cm³/mol. The Kier molecular flexibility index (Phi) is 5.59. The van der Waals surface area contributed by atoms with E-state index in [0.717, 1.165) is 11.0 Å². The highest BCUT2D eigenvalue weighted by Gasteiger charge is 2.47. The van der Waals surface area contributed by atoms with E-state index in [1.54, 1.807) is 13.8 Å². The number of nitrogens with zero attached hydrogens (tertiary/aromatic N) is 1.